The van der Waals surface area contributed by atoms with Gasteiger partial charge >= 0.3 is 0 Å². The minimum Gasteiger partial charge on any atom is -0.375 e. The van der Waals surface area contributed by atoms with Crippen LogP contribution in [0.5, 0.6) is 0 Å². The molecule has 2 unspecified atom stereocenters. The van der Waals surface area contributed by atoms with Crippen LogP contribution in [0.1, 0.15) is 31.7 Å². The molecule has 2 rings (SSSR count). The van der Waals surface area contributed by atoms with Crippen LogP contribution in [0, 0.1) is 6.92 Å². The number of sulfonamides is 1. The summed E-state index contributed by atoms with van der Waals surface area (Å²) in [5.41, 5.74) is 6.51. The van der Waals surface area contributed by atoms with E-state index in [4.69, 9.17) is 10.5 Å². The Hall–Kier alpha value is -0.960. The Morgan fingerprint density at radius 3 is 2.85 bits per heavy atom. The number of H-pyrrole nitrogens is 1. The lowest BCUT2D eigenvalue weighted by Crippen LogP contribution is -2.51. The van der Waals surface area contributed by atoms with E-state index in [0.29, 0.717) is 31.0 Å². The molecule has 1 aromatic rings. The van der Waals surface area contributed by atoms with E-state index < -0.39 is 10.0 Å². The van der Waals surface area contributed by atoms with Gasteiger partial charge in [-0.3, -0.25) is 5.10 Å². The number of hydrogen-bond acceptors (Lipinski definition) is 5. The predicted molar refractivity (Wildman–Crippen MR) is 74.6 cm³/mol. The zero-order valence-corrected chi connectivity index (χ0v) is 12.9. The van der Waals surface area contributed by atoms with Crippen LogP contribution in [-0.2, 0) is 21.3 Å². The van der Waals surface area contributed by atoms with Crippen molar-refractivity contribution in [2.45, 2.75) is 50.8 Å². The second-order valence-corrected chi connectivity index (χ2v) is 6.94. The van der Waals surface area contributed by atoms with Crippen molar-refractivity contribution in [2.24, 2.45) is 5.73 Å². The molecule has 0 amide bonds. The molecule has 2 heterocycles. The van der Waals surface area contributed by atoms with E-state index in [-0.39, 0.29) is 23.6 Å². The van der Waals surface area contributed by atoms with Gasteiger partial charge in [0.2, 0.25) is 10.0 Å². The van der Waals surface area contributed by atoms with Crippen LogP contribution in [0.2, 0.25) is 0 Å². The number of nitrogens with zero attached hydrogens (tertiary/aromatic N) is 2. The summed E-state index contributed by atoms with van der Waals surface area (Å²) in [7, 11) is -3.61. The Morgan fingerprint density at radius 2 is 2.25 bits per heavy atom. The molecule has 2 atom stereocenters. The maximum absolute atomic E-state index is 12.9. The predicted octanol–water partition coefficient (Wildman–Crippen LogP) is 0.365. The highest BCUT2D eigenvalue weighted by atomic mass is 32.2. The van der Waals surface area contributed by atoms with Crippen LogP contribution in [0.3, 0.4) is 0 Å². The average Bonchev–Trinajstić information content (AvgIpc) is 2.80. The van der Waals surface area contributed by atoms with Crippen LogP contribution in [0.25, 0.3) is 0 Å². The molecule has 1 fully saturated rings. The highest BCUT2D eigenvalue weighted by molar-refractivity contribution is 7.89. The highest BCUT2D eigenvalue weighted by Crippen LogP contribution is 2.27. The molecule has 1 aromatic heterocycles. The van der Waals surface area contributed by atoms with Crippen LogP contribution in [-0.4, -0.2) is 48.2 Å². The third kappa shape index (κ3) is 2.60. The number of aromatic nitrogens is 2. The van der Waals surface area contributed by atoms with Crippen molar-refractivity contribution in [1.82, 2.24) is 14.5 Å². The number of hydrogen-bond donors (Lipinski definition) is 2. The minimum absolute atomic E-state index is 0.0928. The van der Waals surface area contributed by atoms with Crippen molar-refractivity contribution in [3.05, 3.63) is 11.4 Å². The van der Waals surface area contributed by atoms with Crippen molar-refractivity contribution >= 4 is 10.0 Å². The minimum atomic E-state index is -3.61. The first-order valence-electron chi connectivity index (χ1n) is 6.79. The Kier molecular flexibility index (Phi) is 4.48. The van der Waals surface area contributed by atoms with Crippen molar-refractivity contribution in [2.75, 3.05) is 13.2 Å². The lowest BCUT2D eigenvalue weighted by atomic mass is 10.2. The molecule has 1 aliphatic heterocycles. The van der Waals surface area contributed by atoms with Crippen LogP contribution in [0.15, 0.2) is 4.90 Å². The van der Waals surface area contributed by atoms with Gasteiger partial charge < -0.3 is 10.5 Å². The topological polar surface area (TPSA) is 101 Å². The van der Waals surface area contributed by atoms with Crippen molar-refractivity contribution in [1.29, 1.82) is 0 Å². The average molecular weight is 302 g/mol. The Balaban J connectivity index is 2.44. The molecule has 20 heavy (non-hydrogen) atoms. The van der Waals surface area contributed by atoms with Gasteiger partial charge in [-0.1, -0.05) is 6.92 Å². The summed E-state index contributed by atoms with van der Waals surface area (Å²) >= 11 is 0. The van der Waals surface area contributed by atoms with E-state index in [1.807, 2.05) is 13.8 Å². The van der Waals surface area contributed by atoms with Gasteiger partial charge in [0, 0.05) is 19.1 Å². The third-order valence-electron chi connectivity index (χ3n) is 3.61. The molecule has 1 saturated heterocycles. The van der Waals surface area contributed by atoms with Gasteiger partial charge in [-0.25, -0.2) is 8.42 Å². The summed E-state index contributed by atoms with van der Waals surface area (Å²) in [6.07, 6.45) is 0.599. The number of morpholine rings is 1. The van der Waals surface area contributed by atoms with Crippen LogP contribution in [0.4, 0.5) is 0 Å². The third-order valence-corrected chi connectivity index (χ3v) is 5.73. The summed E-state index contributed by atoms with van der Waals surface area (Å²) in [4.78, 5) is 0.215. The number of nitrogens with two attached hydrogens (primary N) is 1. The highest BCUT2D eigenvalue weighted by Gasteiger charge is 2.38. The number of ether oxygens (including phenoxy) is 1. The molecular formula is C12H22N4O3S. The quantitative estimate of drug-likeness (QED) is 0.836. The molecule has 0 spiro atoms. The molecule has 0 aromatic carbocycles. The number of aryl methyl sites for hydroxylation is 1. The largest absolute Gasteiger partial charge is 0.375 e. The second kappa shape index (κ2) is 5.80. The van der Waals surface area contributed by atoms with Crippen molar-refractivity contribution in [3.63, 3.8) is 0 Å². The summed E-state index contributed by atoms with van der Waals surface area (Å²) in [6.45, 7) is 6.40. The lowest BCUT2D eigenvalue weighted by molar-refractivity contribution is -0.0230. The zero-order valence-electron chi connectivity index (χ0n) is 12.1. The first-order valence-corrected chi connectivity index (χ1v) is 8.23. The Morgan fingerprint density at radius 1 is 1.55 bits per heavy atom. The monoisotopic (exact) mass is 302 g/mol. The standard InChI is InChI=1S/C12H22N4O3S/c1-4-10-7-19-8(2)6-16(10)20(17,18)12-9(3)14-15-11(12)5-13/h8,10H,4-7,13H2,1-3H3,(H,14,15). The number of rotatable bonds is 4. The molecule has 1 aliphatic rings. The van der Waals surface area contributed by atoms with Crippen molar-refractivity contribution < 1.29 is 13.2 Å². The maximum atomic E-state index is 12.9. The van der Waals surface area contributed by atoms with Gasteiger partial charge in [0.25, 0.3) is 0 Å². The number of nitrogens with one attached hydrogen (secondary N) is 1. The molecule has 114 valence electrons. The normalized spacial score (nSPS) is 25.0. The summed E-state index contributed by atoms with van der Waals surface area (Å²) < 4.78 is 32.9. The van der Waals surface area contributed by atoms with Crippen LogP contribution >= 0.6 is 0 Å². The van der Waals surface area contributed by atoms with E-state index in [1.165, 1.54) is 4.31 Å². The fourth-order valence-electron chi connectivity index (χ4n) is 2.50. The summed E-state index contributed by atoms with van der Waals surface area (Å²) in [6, 6.07) is -0.142. The molecule has 8 heteroatoms. The smallest absolute Gasteiger partial charge is 0.247 e. The van der Waals surface area contributed by atoms with Crippen LogP contribution < -0.4 is 5.73 Å². The molecule has 0 bridgehead atoms. The van der Waals surface area contributed by atoms with E-state index in [1.54, 1.807) is 6.92 Å². The lowest BCUT2D eigenvalue weighted by Gasteiger charge is -2.37. The van der Waals surface area contributed by atoms with Gasteiger partial charge in [0.05, 0.1) is 24.1 Å². The van der Waals surface area contributed by atoms with E-state index in [9.17, 15) is 8.42 Å². The first kappa shape index (κ1) is 15.4. The molecule has 7 nitrogen and oxygen atoms in total. The van der Waals surface area contributed by atoms with Gasteiger partial charge in [-0.2, -0.15) is 9.40 Å². The van der Waals surface area contributed by atoms with E-state index in [0.717, 1.165) is 0 Å². The van der Waals surface area contributed by atoms with E-state index in [2.05, 4.69) is 10.2 Å². The van der Waals surface area contributed by atoms with Gasteiger partial charge in [-0.15, -0.1) is 0 Å². The number of aromatic amines is 1. The molecule has 0 saturated carbocycles. The molecule has 0 aliphatic carbocycles. The van der Waals surface area contributed by atoms with Crippen molar-refractivity contribution in [3.8, 4) is 0 Å². The Labute approximate surface area is 119 Å². The van der Waals surface area contributed by atoms with Gasteiger partial charge in [0.15, 0.2) is 0 Å². The SMILES string of the molecule is CCC1COC(C)CN1S(=O)(=O)c1c(CN)n[nH]c1C. The summed E-state index contributed by atoms with van der Waals surface area (Å²) in [5, 5.41) is 6.69. The fraction of sp³-hybridized carbons (Fsp3) is 0.750. The molecule has 3 N–H and O–H groups in total. The molecular weight excluding hydrogens is 280 g/mol. The second-order valence-electron chi connectivity index (χ2n) is 5.11. The fourth-order valence-corrected chi connectivity index (χ4v) is 4.60. The summed E-state index contributed by atoms with van der Waals surface area (Å²) in [5.74, 6) is 0. The molecule has 0 radical (unpaired) electrons. The Bertz CT molecular complexity index is 569. The first-order chi connectivity index (χ1) is 9.41. The maximum Gasteiger partial charge on any atom is 0.247 e. The van der Waals surface area contributed by atoms with E-state index >= 15 is 0 Å². The van der Waals surface area contributed by atoms with Gasteiger partial charge in [0.1, 0.15) is 4.90 Å². The van der Waals surface area contributed by atoms with Gasteiger partial charge in [-0.05, 0) is 20.3 Å². The zero-order chi connectivity index (χ0) is 14.9.